The Bertz CT molecular complexity index is 2780. The van der Waals surface area contributed by atoms with E-state index in [0.717, 1.165) is 62.9 Å². The van der Waals surface area contributed by atoms with Gasteiger partial charge in [-0.25, -0.2) is 15.0 Å². The van der Waals surface area contributed by atoms with E-state index in [2.05, 4.69) is 146 Å². The molecule has 6 aromatic carbocycles. The molecule has 8 aromatic rings. The van der Waals surface area contributed by atoms with Crippen molar-refractivity contribution in [3.8, 4) is 22.8 Å². The second-order valence-electron chi connectivity index (χ2n) is 13.8. The molecule has 0 aliphatic heterocycles. The molecule has 0 saturated carbocycles. The summed E-state index contributed by atoms with van der Waals surface area (Å²) in [5, 5.41) is 4.64. The standard InChI is InChI=1S/C49H35N3O/c1-3-12-32(13-4-1)33-22-28-38(29-23-33)48-50-47(37-15-5-2-6-16-37)51-49(52-48)46-41(30-31-44-45(46)42-19-9-10-21-43(42)53-44)36-26-24-35(25-27-36)40-20-11-17-34-14-7-8-18-39(34)40/h1-24,26-28,30-31,35,38H,25,29H2. The van der Waals surface area contributed by atoms with Gasteiger partial charge in [0.05, 0.1) is 0 Å². The molecule has 0 saturated heterocycles. The number of aromatic nitrogens is 3. The van der Waals surface area contributed by atoms with Crippen LogP contribution in [-0.4, -0.2) is 15.0 Å². The van der Waals surface area contributed by atoms with Crippen LogP contribution in [0.5, 0.6) is 0 Å². The molecule has 2 aromatic heterocycles. The monoisotopic (exact) mass is 681 g/mol. The van der Waals surface area contributed by atoms with Crippen LogP contribution in [0.4, 0.5) is 0 Å². The van der Waals surface area contributed by atoms with E-state index in [1.54, 1.807) is 0 Å². The van der Waals surface area contributed by atoms with E-state index in [1.807, 2.05) is 30.3 Å². The van der Waals surface area contributed by atoms with Crippen LogP contribution in [-0.2, 0) is 0 Å². The summed E-state index contributed by atoms with van der Waals surface area (Å²) in [6.45, 7) is 0. The first-order valence-corrected chi connectivity index (χ1v) is 18.3. The molecule has 2 atom stereocenters. The number of furan rings is 1. The lowest BCUT2D eigenvalue weighted by atomic mass is 9.84. The molecule has 0 bridgehead atoms. The Hall–Kier alpha value is -6.65. The molecule has 252 valence electrons. The van der Waals surface area contributed by atoms with Crippen molar-refractivity contribution in [3.05, 3.63) is 198 Å². The second-order valence-corrected chi connectivity index (χ2v) is 13.8. The molecule has 2 heterocycles. The average Bonchev–Trinajstić information content (AvgIpc) is 3.63. The molecule has 4 heteroatoms. The molecule has 2 aliphatic carbocycles. The summed E-state index contributed by atoms with van der Waals surface area (Å²) >= 11 is 0. The lowest BCUT2D eigenvalue weighted by molar-refractivity contribution is 0.669. The number of benzene rings is 6. The number of hydrogen-bond donors (Lipinski definition) is 0. The number of hydrogen-bond acceptors (Lipinski definition) is 4. The van der Waals surface area contributed by atoms with Crippen molar-refractivity contribution in [1.29, 1.82) is 0 Å². The van der Waals surface area contributed by atoms with Crippen molar-refractivity contribution in [2.45, 2.75) is 24.7 Å². The molecule has 4 nitrogen and oxygen atoms in total. The van der Waals surface area contributed by atoms with E-state index in [9.17, 15) is 0 Å². The average molecular weight is 682 g/mol. The molecular weight excluding hydrogens is 647 g/mol. The van der Waals surface area contributed by atoms with Crippen LogP contribution in [0.15, 0.2) is 180 Å². The van der Waals surface area contributed by atoms with Gasteiger partial charge in [0.1, 0.15) is 17.0 Å². The van der Waals surface area contributed by atoms with Crippen LogP contribution in [0, 0.1) is 0 Å². The smallest absolute Gasteiger partial charge is 0.165 e. The number of nitrogens with zero attached hydrogens (tertiary/aromatic N) is 3. The first-order chi connectivity index (χ1) is 26.3. The van der Waals surface area contributed by atoms with Crippen molar-refractivity contribution in [2.24, 2.45) is 0 Å². The van der Waals surface area contributed by atoms with E-state index < -0.39 is 0 Å². The van der Waals surface area contributed by atoms with Gasteiger partial charge in [-0.1, -0.05) is 158 Å². The van der Waals surface area contributed by atoms with Gasteiger partial charge in [0.15, 0.2) is 11.6 Å². The Balaban J connectivity index is 1.12. The number of allylic oxidation sites excluding steroid dienone is 8. The van der Waals surface area contributed by atoms with Gasteiger partial charge in [-0.05, 0) is 69.6 Å². The Morgan fingerprint density at radius 2 is 1.15 bits per heavy atom. The van der Waals surface area contributed by atoms with Crippen LogP contribution < -0.4 is 0 Å². The van der Waals surface area contributed by atoms with Gasteiger partial charge in [0.2, 0.25) is 0 Å². The highest BCUT2D eigenvalue weighted by atomic mass is 16.3. The number of fused-ring (bicyclic) bond motifs is 4. The minimum atomic E-state index is 0.00525. The molecule has 0 N–H and O–H groups in total. The summed E-state index contributed by atoms with van der Waals surface area (Å²) in [6.07, 6.45) is 15.4. The zero-order valence-corrected chi connectivity index (χ0v) is 29.1. The number of rotatable bonds is 6. The minimum Gasteiger partial charge on any atom is -0.456 e. The maximum absolute atomic E-state index is 6.46. The topological polar surface area (TPSA) is 51.8 Å². The third kappa shape index (κ3) is 5.69. The molecule has 0 amide bonds. The summed E-state index contributed by atoms with van der Waals surface area (Å²) in [5.74, 6) is 2.36. The van der Waals surface area contributed by atoms with Crippen molar-refractivity contribution in [3.63, 3.8) is 0 Å². The van der Waals surface area contributed by atoms with Crippen LogP contribution in [0.3, 0.4) is 0 Å². The number of para-hydroxylation sites is 1. The van der Waals surface area contributed by atoms with Crippen LogP contribution >= 0.6 is 0 Å². The lowest BCUT2D eigenvalue weighted by Gasteiger charge is -2.21. The fourth-order valence-electron chi connectivity index (χ4n) is 7.96. The highest BCUT2D eigenvalue weighted by Gasteiger charge is 2.25. The molecule has 0 radical (unpaired) electrons. The Labute approximate surface area is 308 Å². The molecule has 0 fully saturated rings. The minimum absolute atomic E-state index is 0.00525. The Morgan fingerprint density at radius 1 is 0.491 bits per heavy atom. The molecule has 2 unspecified atom stereocenters. The van der Waals surface area contributed by atoms with Gasteiger partial charge >= 0.3 is 0 Å². The first kappa shape index (κ1) is 31.1. The quantitative estimate of drug-likeness (QED) is 0.175. The van der Waals surface area contributed by atoms with Gasteiger partial charge in [-0.2, -0.15) is 0 Å². The predicted octanol–water partition coefficient (Wildman–Crippen LogP) is 12.5. The zero-order chi connectivity index (χ0) is 35.1. The van der Waals surface area contributed by atoms with E-state index in [0.29, 0.717) is 11.6 Å². The van der Waals surface area contributed by atoms with Crippen molar-refractivity contribution in [2.75, 3.05) is 0 Å². The van der Waals surface area contributed by atoms with Gasteiger partial charge < -0.3 is 4.42 Å². The summed E-state index contributed by atoms with van der Waals surface area (Å²) in [7, 11) is 0. The van der Waals surface area contributed by atoms with E-state index in [1.165, 1.54) is 27.5 Å². The summed E-state index contributed by atoms with van der Waals surface area (Å²) in [6, 6.07) is 48.6. The van der Waals surface area contributed by atoms with Crippen molar-refractivity contribution >= 4 is 43.9 Å². The fraction of sp³-hybridized carbons (Fsp3) is 0.0816. The lowest BCUT2D eigenvalue weighted by Crippen LogP contribution is -2.09. The van der Waals surface area contributed by atoms with Gasteiger partial charge in [0, 0.05) is 33.7 Å². The predicted molar refractivity (Wildman–Crippen MR) is 217 cm³/mol. The maximum Gasteiger partial charge on any atom is 0.165 e. The van der Waals surface area contributed by atoms with E-state index in [4.69, 9.17) is 19.4 Å². The van der Waals surface area contributed by atoms with Crippen LogP contribution in [0.2, 0.25) is 0 Å². The summed E-state index contributed by atoms with van der Waals surface area (Å²) < 4.78 is 6.46. The molecule has 0 spiro atoms. The zero-order valence-electron chi connectivity index (χ0n) is 29.1. The second kappa shape index (κ2) is 13.2. The molecule has 10 rings (SSSR count). The van der Waals surface area contributed by atoms with E-state index in [-0.39, 0.29) is 11.8 Å². The molecule has 2 aliphatic rings. The van der Waals surface area contributed by atoms with Gasteiger partial charge in [-0.3, -0.25) is 0 Å². The SMILES string of the molecule is C1=CC(c2nc(-c3ccccc3)nc(-c3c(C4=CCC(c5cccc6ccccc56)C=C4)ccc4oc5ccccc5c34)n2)CC=C1c1ccccc1. The third-order valence-corrected chi connectivity index (χ3v) is 10.6. The molecular formula is C49H35N3O. The highest BCUT2D eigenvalue weighted by Crippen LogP contribution is 2.43. The van der Waals surface area contributed by atoms with Crippen molar-refractivity contribution < 1.29 is 4.42 Å². The summed E-state index contributed by atoms with van der Waals surface area (Å²) in [4.78, 5) is 15.7. The largest absolute Gasteiger partial charge is 0.456 e. The fourth-order valence-corrected chi connectivity index (χ4v) is 7.96. The Morgan fingerprint density at radius 3 is 1.94 bits per heavy atom. The van der Waals surface area contributed by atoms with Gasteiger partial charge in [-0.15, -0.1) is 0 Å². The maximum atomic E-state index is 6.46. The first-order valence-electron chi connectivity index (χ1n) is 18.3. The van der Waals surface area contributed by atoms with Crippen LogP contribution in [0.1, 0.15) is 47.2 Å². The normalized spacial score (nSPS) is 17.0. The highest BCUT2D eigenvalue weighted by molar-refractivity contribution is 6.14. The van der Waals surface area contributed by atoms with Crippen LogP contribution in [0.25, 0.3) is 66.6 Å². The third-order valence-electron chi connectivity index (χ3n) is 10.6. The van der Waals surface area contributed by atoms with Crippen molar-refractivity contribution in [1.82, 2.24) is 15.0 Å². The summed E-state index contributed by atoms with van der Waals surface area (Å²) in [5.41, 5.74) is 9.60. The van der Waals surface area contributed by atoms with Gasteiger partial charge in [0.25, 0.3) is 0 Å². The Kier molecular flexibility index (Phi) is 7.72. The molecule has 53 heavy (non-hydrogen) atoms. The van der Waals surface area contributed by atoms with E-state index >= 15 is 0 Å².